The van der Waals surface area contributed by atoms with Crippen molar-refractivity contribution in [3.8, 4) is 0 Å². The molecule has 0 radical (unpaired) electrons. The summed E-state index contributed by atoms with van der Waals surface area (Å²) in [4.78, 5) is 12.7. The lowest BCUT2D eigenvalue weighted by atomic mass is 10.1. The van der Waals surface area contributed by atoms with Gasteiger partial charge in [0.15, 0.2) is 0 Å². The summed E-state index contributed by atoms with van der Waals surface area (Å²) in [5.41, 5.74) is 3.38. The molecule has 3 rings (SSSR count). The topological polar surface area (TPSA) is 75.7 Å². The smallest absolute Gasteiger partial charge is 0.239 e. The molecular weight excluding hydrogens is 436 g/mol. The summed E-state index contributed by atoms with van der Waals surface area (Å²) in [6.45, 7) is 4.32. The summed E-state index contributed by atoms with van der Waals surface area (Å²) in [6.07, 6.45) is 2.93. The Hall–Kier alpha value is -2.19. The lowest BCUT2D eigenvalue weighted by Crippen LogP contribution is -2.41. The third-order valence-corrected chi connectivity index (χ3v) is 7.02. The molecule has 8 heteroatoms. The molecule has 1 aliphatic heterocycles. The SMILES string of the molecule is Cc1cccc(NC(=O)CN(CC2CCCO2)S(=O)(=O)/C=C/c2ccc(Cl)cc2)c1C. The second-order valence-electron chi connectivity index (χ2n) is 7.62. The minimum Gasteiger partial charge on any atom is -0.377 e. The number of hydrogen-bond donors (Lipinski definition) is 1. The van der Waals surface area contributed by atoms with Crippen molar-refractivity contribution in [1.29, 1.82) is 0 Å². The Morgan fingerprint density at radius 3 is 2.65 bits per heavy atom. The van der Waals surface area contributed by atoms with Crippen LogP contribution in [0, 0.1) is 13.8 Å². The van der Waals surface area contributed by atoms with Crippen molar-refractivity contribution in [1.82, 2.24) is 4.31 Å². The van der Waals surface area contributed by atoms with Gasteiger partial charge >= 0.3 is 0 Å². The highest BCUT2D eigenvalue weighted by Crippen LogP contribution is 2.20. The monoisotopic (exact) mass is 462 g/mol. The van der Waals surface area contributed by atoms with E-state index in [4.69, 9.17) is 16.3 Å². The lowest BCUT2D eigenvalue weighted by Gasteiger charge is -2.23. The van der Waals surface area contributed by atoms with E-state index in [1.54, 1.807) is 30.3 Å². The summed E-state index contributed by atoms with van der Waals surface area (Å²) in [6, 6.07) is 12.5. The zero-order valence-corrected chi connectivity index (χ0v) is 19.2. The van der Waals surface area contributed by atoms with Gasteiger partial charge in [0, 0.05) is 29.3 Å². The first-order valence-electron chi connectivity index (χ1n) is 10.2. The standard InChI is InChI=1S/C23H27ClN2O4S/c1-17-5-3-7-22(18(17)2)25-23(27)16-26(15-21-6-4-13-30-21)31(28,29)14-12-19-8-10-20(24)11-9-19/h3,5,7-12,14,21H,4,6,13,15-16H2,1-2H3,(H,25,27)/b14-12+. The molecule has 1 amide bonds. The van der Waals surface area contributed by atoms with E-state index < -0.39 is 15.9 Å². The second kappa shape index (κ2) is 10.4. The number of anilines is 1. The summed E-state index contributed by atoms with van der Waals surface area (Å²) in [5, 5.41) is 4.53. The number of nitrogens with zero attached hydrogens (tertiary/aromatic N) is 1. The van der Waals surface area contributed by atoms with Gasteiger partial charge in [0.25, 0.3) is 0 Å². The third-order valence-electron chi connectivity index (χ3n) is 5.29. The quantitative estimate of drug-likeness (QED) is 0.631. The van der Waals surface area contributed by atoms with Crippen molar-refractivity contribution in [2.24, 2.45) is 0 Å². The Morgan fingerprint density at radius 1 is 1.23 bits per heavy atom. The molecule has 0 spiro atoms. The highest BCUT2D eigenvalue weighted by Gasteiger charge is 2.28. The molecule has 1 heterocycles. The first-order chi connectivity index (χ1) is 14.7. The molecule has 6 nitrogen and oxygen atoms in total. The molecule has 31 heavy (non-hydrogen) atoms. The Balaban J connectivity index is 1.76. The second-order valence-corrected chi connectivity index (χ2v) is 9.88. The minimum absolute atomic E-state index is 0.132. The van der Waals surface area contributed by atoms with Crippen molar-refractivity contribution in [3.63, 3.8) is 0 Å². The van der Waals surface area contributed by atoms with Crippen LogP contribution in [0.5, 0.6) is 0 Å². The first-order valence-corrected chi connectivity index (χ1v) is 12.0. The van der Waals surface area contributed by atoms with Crippen LogP contribution in [0.1, 0.15) is 29.5 Å². The number of halogens is 1. The number of carbonyl (C=O) groups is 1. The molecular formula is C23H27ClN2O4S. The summed E-state index contributed by atoms with van der Waals surface area (Å²) < 4.78 is 32.9. The number of aryl methyl sites for hydroxylation is 1. The van der Waals surface area contributed by atoms with E-state index in [0.29, 0.717) is 22.9 Å². The maximum atomic E-state index is 13.0. The van der Waals surface area contributed by atoms with Gasteiger partial charge in [-0.05, 0) is 67.7 Å². The molecule has 1 atom stereocenters. The Bertz CT molecular complexity index is 1050. The van der Waals surface area contributed by atoms with Crippen LogP contribution in [0.2, 0.25) is 5.02 Å². The molecule has 1 N–H and O–H groups in total. The van der Waals surface area contributed by atoms with E-state index in [9.17, 15) is 13.2 Å². The molecule has 2 aromatic rings. The molecule has 0 bridgehead atoms. The molecule has 0 aliphatic carbocycles. The number of sulfonamides is 1. The van der Waals surface area contributed by atoms with Crippen molar-refractivity contribution in [2.75, 3.05) is 25.0 Å². The van der Waals surface area contributed by atoms with E-state index in [1.807, 2.05) is 26.0 Å². The van der Waals surface area contributed by atoms with Crippen molar-refractivity contribution >= 4 is 39.3 Å². The van der Waals surface area contributed by atoms with E-state index in [1.165, 1.54) is 10.4 Å². The fraction of sp³-hybridized carbons (Fsp3) is 0.348. The van der Waals surface area contributed by atoms with Gasteiger partial charge in [-0.3, -0.25) is 4.79 Å². The van der Waals surface area contributed by atoms with Crippen LogP contribution in [-0.2, 0) is 19.6 Å². The number of carbonyl (C=O) groups excluding carboxylic acids is 1. The number of ether oxygens (including phenoxy) is 1. The number of hydrogen-bond acceptors (Lipinski definition) is 4. The highest BCUT2D eigenvalue weighted by atomic mass is 35.5. The normalized spacial score (nSPS) is 16.8. The van der Waals surface area contributed by atoms with Crippen LogP contribution in [0.4, 0.5) is 5.69 Å². The van der Waals surface area contributed by atoms with Gasteiger partial charge in [0.05, 0.1) is 12.6 Å². The number of rotatable bonds is 8. The number of nitrogens with one attached hydrogen (secondary N) is 1. The van der Waals surface area contributed by atoms with Crippen LogP contribution in [0.15, 0.2) is 47.9 Å². The molecule has 0 saturated carbocycles. The molecule has 2 aromatic carbocycles. The van der Waals surface area contributed by atoms with Crippen molar-refractivity contribution in [3.05, 3.63) is 69.6 Å². The lowest BCUT2D eigenvalue weighted by molar-refractivity contribution is -0.116. The predicted molar refractivity (Wildman–Crippen MR) is 124 cm³/mol. The van der Waals surface area contributed by atoms with Gasteiger partial charge in [-0.1, -0.05) is 35.9 Å². The van der Waals surface area contributed by atoms with Crippen molar-refractivity contribution < 1.29 is 17.9 Å². The minimum atomic E-state index is -3.84. The zero-order chi connectivity index (χ0) is 22.4. The number of benzene rings is 2. The third kappa shape index (κ3) is 6.64. The van der Waals surface area contributed by atoms with E-state index >= 15 is 0 Å². The Kier molecular flexibility index (Phi) is 7.89. The average Bonchev–Trinajstić information content (AvgIpc) is 3.24. The van der Waals surface area contributed by atoms with E-state index in [0.717, 1.165) is 29.4 Å². The van der Waals surface area contributed by atoms with Crippen LogP contribution < -0.4 is 5.32 Å². The Labute approximate surface area is 188 Å². The molecule has 166 valence electrons. The van der Waals surface area contributed by atoms with Gasteiger partial charge in [-0.2, -0.15) is 4.31 Å². The summed E-state index contributed by atoms with van der Waals surface area (Å²) >= 11 is 5.88. The first kappa shape index (κ1) is 23.5. The molecule has 1 fully saturated rings. The summed E-state index contributed by atoms with van der Waals surface area (Å²) in [7, 11) is -3.84. The van der Waals surface area contributed by atoms with Gasteiger partial charge in [-0.25, -0.2) is 8.42 Å². The number of amides is 1. The van der Waals surface area contributed by atoms with Gasteiger partial charge < -0.3 is 10.1 Å². The molecule has 1 aliphatic rings. The zero-order valence-electron chi connectivity index (χ0n) is 17.7. The summed E-state index contributed by atoms with van der Waals surface area (Å²) in [5.74, 6) is -0.393. The fourth-order valence-corrected chi connectivity index (χ4v) is 4.63. The van der Waals surface area contributed by atoms with E-state index in [-0.39, 0.29) is 19.2 Å². The largest absolute Gasteiger partial charge is 0.377 e. The van der Waals surface area contributed by atoms with Crippen molar-refractivity contribution in [2.45, 2.75) is 32.8 Å². The maximum absolute atomic E-state index is 13.0. The molecule has 1 saturated heterocycles. The molecule has 0 aromatic heterocycles. The fourth-order valence-electron chi connectivity index (χ4n) is 3.33. The van der Waals surface area contributed by atoms with Crippen LogP contribution in [0.25, 0.3) is 6.08 Å². The van der Waals surface area contributed by atoms with Gasteiger partial charge in [-0.15, -0.1) is 0 Å². The highest BCUT2D eigenvalue weighted by molar-refractivity contribution is 7.92. The van der Waals surface area contributed by atoms with Gasteiger partial charge in [0.1, 0.15) is 0 Å². The maximum Gasteiger partial charge on any atom is 0.239 e. The van der Waals surface area contributed by atoms with Gasteiger partial charge in [0.2, 0.25) is 15.9 Å². The van der Waals surface area contributed by atoms with E-state index in [2.05, 4.69) is 5.32 Å². The average molecular weight is 463 g/mol. The van der Waals surface area contributed by atoms with Crippen LogP contribution in [0.3, 0.4) is 0 Å². The molecule has 1 unspecified atom stereocenters. The predicted octanol–water partition coefficient (Wildman–Crippen LogP) is 4.38. The van der Waals surface area contributed by atoms with Crippen LogP contribution in [-0.4, -0.2) is 44.4 Å². The Morgan fingerprint density at radius 2 is 1.97 bits per heavy atom. The van der Waals surface area contributed by atoms with Crippen LogP contribution >= 0.6 is 11.6 Å².